The zero-order valence-electron chi connectivity index (χ0n) is 15.6. The molecule has 1 fully saturated rings. The minimum atomic E-state index is -0.714. The van der Waals surface area contributed by atoms with E-state index in [1.165, 1.54) is 12.0 Å². The zero-order chi connectivity index (χ0) is 19.3. The number of esters is 1. The molecule has 0 N–H and O–H groups in total. The maximum atomic E-state index is 12.3. The van der Waals surface area contributed by atoms with Gasteiger partial charge in [-0.1, -0.05) is 0 Å². The van der Waals surface area contributed by atoms with Gasteiger partial charge < -0.3 is 14.2 Å². The molecule has 0 radical (unpaired) electrons. The van der Waals surface area contributed by atoms with Crippen LogP contribution in [0.3, 0.4) is 0 Å². The average molecular weight is 363 g/mol. The van der Waals surface area contributed by atoms with Gasteiger partial charge in [0, 0.05) is 12.1 Å². The Balaban J connectivity index is 1.91. The molecule has 26 heavy (non-hydrogen) atoms. The Morgan fingerprint density at radius 2 is 1.81 bits per heavy atom. The maximum absolute atomic E-state index is 12.3. The van der Waals surface area contributed by atoms with E-state index in [1.54, 1.807) is 45.0 Å². The van der Waals surface area contributed by atoms with Crippen molar-refractivity contribution in [1.29, 1.82) is 0 Å². The summed E-state index contributed by atoms with van der Waals surface area (Å²) in [7, 11) is 1.54. The van der Waals surface area contributed by atoms with Gasteiger partial charge in [-0.15, -0.1) is 0 Å². The lowest BCUT2D eigenvalue weighted by Crippen LogP contribution is -2.44. The molecule has 7 heteroatoms. The van der Waals surface area contributed by atoms with Crippen molar-refractivity contribution in [3.8, 4) is 5.75 Å². The van der Waals surface area contributed by atoms with Gasteiger partial charge in [0.25, 0.3) is 0 Å². The topological polar surface area (TPSA) is 82.1 Å². The molecule has 0 unspecified atom stereocenters. The molecule has 1 amide bonds. The number of hydrogen-bond donors (Lipinski definition) is 0. The lowest BCUT2D eigenvalue weighted by molar-refractivity contribution is -0.147. The van der Waals surface area contributed by atoms with Crippen LogP contribution in [0.5, 0.6) is 5.75 Å². The summed E-state index contributed by atoms with van der Waals surface area (Å²) >= 11 is 0. The van der Waals surface area contributed by atoms with Crippen LogP contribution in [0.25, 0.3) is 0 Å². The highest BCUT2D eigenvalue weighted by Crippen LogP contribution is 2.22. The molecular weight excluding hydrogens is 338 g/mol. The summed E-state index contributed by atoms with van der Waals surface area (Å²) in [6.45, 7) is 5.36. The van der Waals surface area contributed by atoms with Gasteiger partial charge in [-0.2, -0.15) is 0 Å². The first-order chi connectivity index (χ1) is 12.2. The van der Waals surface area contributed by atoms with E-state index in [1.807, 2.05) is 0 Å². The van der Waals surface area contributed by atoms with Crippen molar-refractivity contribution < 1.29 is 28.6 Å². The first-order valence-electron chi connectivity index (χ1n) is 8.55. The Bertz CT molecular complexity index is 662. The van der Waals surface area contributed by atoms with Crippen LogP contribution in [0, 0.1) is 0 Å². The SMILES string of the molecule is COc1ccc(C(=O)COC(=O)[C@@H]2CCCN2C(=O)OC(C)(C)C)cc1. The Kier molecular flexibility index (Phi) is 6.23. The summed E-state index contributed by atoms with van der Waals surface area (Å²) in [5, 5.41) is 0. The first kappa shape index (κ1) is 19.8. The molecular formula is C19H25NO6. The molecule has 1 aliphatic rings. The molecule has 2 rings (SSSR count). The van der Waals surface area contributed by atoms with E-state index in [-0.39, 0.29) is 12.4 Å². The van der Waals surface area contributed by atoms with E-state index < -0.39 is 23.7 Å². The molecule has 1 atom stereocenters. The number of likely N-dealkylation sites (tertiary alicyclic amines) is 1. The number of ketones is 1. The minimum absolute atomic E-state index is 0.317. The summed E-state index contributed by atoms with van der Waals surface area (Å²) in [6.07, 6.45) is 0.638. The van der Waals surface area contributed by atoms with Crippen molar-refractivity contribution in [1.82, 2.24) is 4.90 Å². The van der Waals surface area contributed by atoms with Crippen LogP contribution in [-0.2, 0) is 14.3 Å². The second-order valence-electron chi connectivity index (χ2n) is 7.09. The van der Waals surface area contributed by atoms with Gasteiger partial charge in [-0.25, -0.2) is 9.59 Å². The number of amides is 1. The van der Waals surface area contributed by atoms with Gasteiger partial charge in [0.2, 0.25) is 0 Å². The number of carbonyl (C=O) groups is 3. The number of carbonyl (C=O) groups excluding carboxylic acids is 3. The van der Waals surface area contributed by atoms with E-state index in [0.29, 0.717) is 30.7 Å². The molecule has 1 aromatic carbocycles. The third kappa shape index (κ3) is 5.21. The summed E-state index contributed by atoms with van der Waals surface area (Å²) in [5.41, 5.74) is -0.215. The van der Waals surface area contributed by atoms with Gasteiger partial charge >= 0.3 is 12.1 Å². The van der Waals surface area contributed by atoms with Gasteiger partial charge in [0.1, 0.15) is 17.4 Å². The Labute approximate surface area is 153 Å². The maximum Gasteiger partial charge on any atom is 0.411 e. The fourth-order valence-corrected chi connectivity index (χ4v) is 2.64. The third-order valence-corrected chi connectivity index (χ3v) is 3.91. The van der Waals surface area contributed by atoms with Crippen molar-refractivity contribution in [3.05, 3.63) is 29.8 Å². The second-order valence-corrected chi connectivity index (χ2v) is 7.09. The summed E-state index contributed by atoms with van der Waals surface area (Å²) in [5.74, 6) is -0.268. The van der Waals surface area contributed by atoms with E-state index in [0.717, 1.165) is 0 Å². The normalized spacial score (nSPS) is 16.9. The van der Waals surface area contributed by atoms with E-state index in [2.05, 4.69) is 0 Å². The van der Waals surface area contributed by atoms with Crippen LogP contribution in [0.15, 0.2) is 24.3 Å². The first-order valence-corrected chi connectivity index (χ1v) is 8.55. The van der Waals surface area contributed by atoms with E-state index >= 15 is 0 Å². The summed E-state index contributed by atoms with van der Waals surface area (Å²) < 4.78 is 15.5. The Morgan fingerprint density at radius 1 is 1.15 bits per heavy atom. The lowest BCUT2D eigenvalue weighted by Gasteiger charge is -2.27. The molecule has 142 valence electrons. The monoisotopic (exact) mass is 363 g/mol. The Morgan fingerprint density at radius 3 is 2.38 bits per heavy atom. The molecule has 1 heterocycles. The molecule has 1 saturated heterocycles. The smallest absolute Gasteiger partial charge is 0.411 e. The van der Waals surface area contributed by atoms with Crippen LogP contribution in [0.2, 0.25) is 0 Å². The number of Topliss-reactive ketones (excluding diaryl/α,β-unsaturated/α-hetero) is 1. The van der Waals surface area contributed by atoms with Gasteiger partial charge in [-0.3, -0.25) is 9.69 Å². The van der Waals surface area contributed by atoms with Gasteiger partial charge in [-0.05, 0) is 57.9 Å². The lowest BCUT2D eigenvalue weighted by atomic mass is 10.1. The fourth-order valence-electron chi connectivity index (χ4n) is 2.64. The van der Waals surface area contributed by atoms with Gasteiger partial charge in [0.15, 0.2) is 12.4 Å². The van der Waals surface area contributed by atoms with Crippen molar-refractivity contribution >= 4 is 17.8 Å². The number of benzene rings is 1. The molecule has 7 nitrogen and oxygen atoms in total. The fraction of sp³-hybridized carbons (Fsp3) is 0.526. The summed E-state index contributed by atoms with van der Waals surface area (Å²) in [4.78, 5) is 38.0. The van der Waals surface area contributed by atoms with Crippen molar-refractivity contribution in [2.75, 3.05) is 20.3 Å². The molecule has 1 aliphatic heterocycles. The molecule has 0 spiro atoms. The number of rotatable bonds is 5. The van der Waals surface area contributed by atoms with Crippen molar-refractivity contribution in [3.63, 3.8) is 0 Å². The quantitative estimate of drug-likeness (QED) is 0.591. The van der Waals surface area contributed by atoms with Crippen LogP contribution < -0.4 is 4.74 Å². The number of ether oxygens (including phenoxy) is 3. The Hall–Kier alpha value is -2.57. The van der Waals surface area contributed by atoms with Crippen LogP contribution >= 0.6 is 0 Å². The van der Waals surface area contributed by atoms with Crippen LogP contribution in [-0.4, -0.2) is 54.7 Å². The second kappa shape index (κ2) is 8.21. The predicted octanol–water partition coefficient (Wildman–Crippen LogP) is 2.82. The van der Waals surface area contributed by atoms with Crippen LogP contribution in [0.1, 0.15) is 44.0 Å². The third-order valence-electron chi connectivity index (χ3n) is 3.91. The summed E-state index contributed by atoms with van der Waals surface area (Å²) in [6, 6.07) is 5.83. The van der Waals surface area contributed by atoms with E-state index in [4.69, 9.17) is 14.2 Å². The molecule has 0 bridgehead atoms. The molecule has 0 aromatic heterocycles. The zero-order valence-corrected chi connectivity index (χ0v) is 15.6. The highest BCUT2D eigenvalue weighted by atomic mass is 16.6. The average Bonchev–Trinajstić information content (AvgIpc) is 3.08. The number of hydrogen-bond acceptors (Lipinski definition) is 6. The predicted molar refractivity (Wildman–Crippen MR) is 94.2 cm³/mol. The van der Waals surface area contributed by atoms with Crippen molar-refractivity contribution in [2.24, 2.45) is 0 Å². The minimum Gasteiger partial charge on any atom is -0.497 e. The van der Waals surface area contributed by atoms with Gasteiger partial charge in [0.05, 0.1) is 7.11 Å². The highest BCUT2D eigenvalue weighted by molar-refractivity contribution is 5.98. The van der Waals surface area contributed by atoms with Crippen LogP contribution in [0.4, 0.5) is 4.79 Å². The standard InChI is InChI=1S/C19H25NO6/c1-19(2,3)26-18(23)20-11-5-6-15(20)17(22)25-12-16(21)13-7-9-14(24-4)10-8-13/h7-10,15H,5-6,11-12H2,1-4H3/t15-/m0/s1. The molecule has 0 aliphatic carbocycles. The largest absolute Gasteiger partial charge is 0.497 e. The molecule has 0 saturated carbocycles. The molecule has 1 aromatic rings. The number of nitrogens with zero attached hydrogens (tertiary/aromatic N) is 1. The highest BCUT2D eigenvalue weighted by Gasteiger charge is 2.37. The van der Waals surface area contributed by atoms with Crippen molar-refractivity contribution in [2.45, 2.75) is 45.3 Å². The number of methoxy groups -OCH3 is 1. The van der Waals surface area contributed by atoms with E-state index in [9.17, 15) is 14.4 Å².